The minimum absolute atomic E-state index is 0.0774. The summed E-state index contributed by atoms with van der Waals surface area (Å²) in [6, 6.07) is 11.4. The Morgan fingerprint density at radius 3 is 2.54 bits per heavy atom. The lowest BCUT2D eigenvalue weighted by molar-refractivity contribution is -0.130. The molecule has 28 heavy (non-hydrogen) atoms. The summed E-state index contributed by atoms with van der Waals surface area (Å²) < 4.78 is 2.00. The molecule has 1 N–H and O–H groups in total. The predicted octanol–water partition coefficient (Wildman–Crippen LogP) is 2.16. The third-order valence-corrected chi connectivity index (χ3v) is 6.18. The van der Waals surface area contributed by atoms with Crippen LogP contribution in [0.5, 0.6) is 0 Å². The molecule has 6 heteroatoms. The van der Waals surface area contributed by atoms with Crippen molar-refractivity contribution in [3.8, 4) is 0 Å². The molecule has 1 aromatic heterocycles. The first kappa shape index (κ1) is 19.2. The molecule has 0 fully saturated rings. The van der Waals surface area contributed by atoms with Gasteiger partial charge >= 0.3 is 0 Å². The first-order valence-electron chi connectivity index (χ1n) is 10.3. The van der Waals surface area contributed by atoms with Gasteiger partial charge in [0.05, 0.1) is 24.4 Å². The van der Waals surface area contributed by atoms with Gasteiger partial charge < -0.3 is 10.0 Å². The van der Waals surface area contributed by atoms with Gasteiger partial charge in [0, 0.05) is 33.2 Å². The number of aliphatic hydroxyl groups excluding tert-OH is 1. The minimum atomic E-state index is -0.839. The number of carbonyl (C=O) groups excluding carboxylic acids is 1. The molecule has 1 atom stereocenters. The van der Waals surface area contributed by atoms with Crippen molar-refractivity contribution in [1.29, 1.82) is 0 Å². The highest BCUT2D eigenvalue weighted by Gasteiger charge is 2.28. The molecule has 1 aliphatic heterocycles. The SMILES string of the molecule is CN(C)C(=O)C[C@H](O)c1cc2n(n1)CCN(C1CCc3ccccc3CC1)C2. The van der Waals surface area contributed by atoms with Gasteiger partial charge in [-0.25, -0.2) is 0 Å². The first-order chi connectivity index (χ1) is 13.5. The highest BCUT2D eigenvalue weighted by Crippen LogP contribution is 2.27. The summed E-state index contributed by atoms with van der Waals surface area (Å²) in [5.41, 5.74) is 4.76. The minimum Gasteiger partial charge on any atom is -0.386 e. The standard InChI is InChI=1S/C22H30N4O2/c1-24(2)22(28)14-21(27)20-13-19-15-25(11-12-26(19)23-20)18-9-7-16-5-3-4-6-17(16)8-10-18/h3-6,13,18,21,27H,7-12,14-15H2,1-2H3/t21-/m0/s1. The highest BCUT2D eigenvalue weighted by molar-refractivity contribution is 5.76. The number of nitrogens with zero attached hydrogens (tertiary/aromatic N) is 4. The Balaban J connectivity index is 1.41. The number of hydrogen-bond donors (Lipinski definition) is 1. The second-order valence-electron chi connectivity index (χ2n) is 8.26. The highest BCUT2D eigenvalue weighted by atomic mass is 16.3. The van der Waals surface area contributed by atoms with E-state index in [2.05, 4.69) is 34.3 Å². The van der Waals surface area contributed by atoms with Crippen molar-refractivity contribution in [3.05, 3.63) is 52.8 Å². The maximum Gasteiger partial charge on any atom is 0.225 e. The molecule has 1 amide bonds. The normalized spacial score (nSPS) is 18.8. The van der Waals surface area contributed by atoms with Crippen molar-refractivity contribution in [3.63, 3.8) is 0 Å². The Bertz CT molecular complexity index is 818. The predicted molar refractivity (Wildman–Crippen MR) is 108 cm³/mol. The smallest absolute Gasteiger partial charge is 0.225 e. The topological polar surface area (TPSA) is 61.6 Å². The van der Waals surface area contributed by atoms with E-state index in [-0.39, 0.29) is 12.3 Å². The van der Waals surface area contributed by atoms with Crippen molar-refractivity contribution in [1.82, 2.24) is 19.6 Å². The van der Waals surface area contributed by atoms with E-state index in [1.54, 1.807) is 14.1 Å². The number of carbonyl (C=O) groups is 1. The molecule has 0 spiro atoms. The van der Waals surface area contributed by atoms with E-state index >= 15 is 0 Å². The fraction of sp³-hybridized carbons (Fsp3) is 0.545. The first-order valence-corrected chi connectivity index (χ1v) is 10.3. The molecule has 1 aromatic carbocycles. The molecule has 2 aliphatic rings. The van der Waals surface area contributed by atoms with Crippen LogP contribution in [0.15, 0.2) is 30.3 Å². The summed E-state index contributed by atoms with van der Waals surface area (Å²) in [4.78, 5) is 16.0. The summed E-state index contributed by atoms with van der Waals surface area (Å²) in [5, 5.41) is 15.0. The Hall–Kier alpha value is -2.18. The molecule has 0 bridgehead atoms. The van der Waals surface area contributed by atoms with Crippen LogP contribution in [-0.4, -0.2) is 57.3 Å². The zero-order chi connectivity index (χ0) is 19.7. The number of benzene rings is 1. The van der Waals surface area contributed by atoms with Crippen LogP contribution in [-0.2, 0) is 30.7 Å². The summed E-state index contributed by atoms with van der Waals surface area (Å²) in [6.45, 7) is 2.69. The number of hydrogen-bond acceptors (Lipinski definition) is 4. The van der Waals surface area contributed by atoms with Crippen LogP contribution >= 0.6 is 0 Å². The molecule has 2 heterocycles. The van der Waals surface area contributed by atoms with Gasteiger partial charge in [-0.1, -0.05) is 24.3 Å². The molecule has 2 aromatic rings. The van der Waals surface area contributed by atoms with Gasteiger partial charge in [0.2, 0.25) is 5.91 Å². The number of aliphatic hydroxyl groups is 1. The maximum atomic E-state index is 11.9. The van der Waals surface area contributed by atoms with Crippen LogP contribution in [0, 0.1) is 0 Å². The molecule has 0 saturated carbocycles. The maximum absolute atomic E-state index is 11.9. The van der Waals surface area contributed by atoms with Gasteiger partial charge in [-0.2, -0.15) is 5.10 Å². The average molecular weight is 383 g/mol. The Kier molecular flexibility index (Phi) is 5.51. The van der Waals surface area contributed by atoms with Crippen LogP contribution < -0.4 is 0 Å². The van der Waals surface area contributed by atoms with Crippen LogP contribution in [0.1, 0.15) is 47.9 Å². The van der Waals surface area contributed by atoms with Crippen molar-refractivity contribution in [2.24, 2.45) is 0 Å². The number of aromatic nitrogens is 2. The van der Waals surface area contributed by atoms with E-state index in [1.807, 2.05) is 10.7 Å². The van der Waals surface area contributed by atoms with Crippen molar-refractivity contribution in [2.75, 3.05) is 20.6 Å². The third-order valence-electron chi connectivity index (χ3n) is 6.18. The fourth-order valence-corrected chi connectivity index (χ4v) is 4.43. The fourth-order valence-electron chi connectivity index (χ4n) is 4.43. The molecule has 0 radical (unpaired) electrons. The Labute approximate surface area is 166 Å². The van der Waals surface area contributed by atoms with E-state index in [0.717, 1.165) is 38.2 Å². The van der Waals surface area contributed by atoms with Gasteiger partial charge in [0.15, 0.2) is 0 Å². The molecular formula is C22H30N4O2. The summed E-state index contributed by atoms with van der Waals surface area (Å²) in [5.74, 6) is -0.0851. The average Bonchev–Trinajstić information content (AvgIpc) is 3.00. The molecular weight excluding hydrogens is 352 g/mol. The van der Waals surface area contributed by atoms with Crippen molar-refractivity contribution >= 4 is 5.91 Å². The van der Waals surface area contributed by atoms with Gasteiger partial charge in [-0.3, -0.25) is 14.4 Å². The van der Waals surface area contributed by atoms with Crippen molar-refractivity contribution in [2.45, 2.75) is 57.3 Å². The van der Waals surface area contributed by atoms with E-state index < -0.39 is 6.10 Å². The summed E-state index contributed by atoms with van der Waals surface area (Å²) >= 11 is 0. The van der Waals surface area contributed by atoms with E-state index in [0.29, 0.717) is 11.7 Å². The van der Waals surface area contributed by atoms with Gasteiger partial charge in [0.25, 0.3) is 0 Å². The van der Waals surface area contributed by atoms with Crippen LogP contribution in [0.3, 0.4) is 0 Å². The quantitative estimate of drug-likeness (QED) is 0.823. The largest absolute Gasteiger partial charge is 0.386 e. The van der Waals surface area contributed by atoms with Crippen molar-refractivity contribution < 1.29 is 9.90 Å². The number of rotatable bonds is 4. The van der Waals surface area contributed by atoms with Crippen LogP contribution in [0.4, 0.5) is 0 Å². The summed E-state index contributed by atoms with van der Waals surface area (Å²) in [7, 11) is 3.41. The zero-order valence-electron chi connectivity index (χ0n) is 16.8. The van der Waals surface area contributed by atoms with Crippen LogP contribution in [0.25, 0.3) is 0 Å². The molecule has 1 aliphatic carbocycles. The second-order valence-corrected chi connectivity index (χ2v) is 8.26. The molecule has 6 nitrogen and oxygen atoms in total. The number of amides is 1. The Morgan fingerprint density at radius 1 is 1.21 bits per heavy atom. The summed E-state index contributed by atoms with van der Waals surface area (Å²) in [6.07, 6.45) is 3.92. The van der Waals surface area contributed by atoms with Crippen LogP contribution in [0.2, 0.25) is 0 Å². The molecule has 150 valence electrons. The number of fused-ring (bicyclic) bond motifs is 2. The lowest BCUT2D eigenvalue weighted by Gasteiger charge is -2.34. The lowest BCUT2D eigenvalue weighted by Crippen LogP contribution is -2.41. The van der Waals surface area contributed by atoms with E-state index in [4.69, 9.17) is 0 Å². The monoisotopic (exact) mass is 382 g/mol. The molecule has 0 saturated heterocycles. The van der Waals surface area contributed by atoms with E-state index in [9.17, 15) is 9.90 Å². The van der Waals surface area contributed by atoms with Gasteiger partial charge in [0.1, 0.15) is 6.10 Å². The molecule has 4 rings (SSSR count). The number of aryl methyl sites for hydroxylation is 2. The molecule has 0 unspecified atom stereocenters. The zero-order valence-corrected chi connectivity index (χ0v) is 16.8. The third kappa shape index (κ3) is 3.98. The van der Waals surface area contributed by atoms with E-state index in [1.165, 1.54) is 28.9 Å². The Morgan fingerprint density at radius 2 is 1.89 bits per heavy atom. The lowest BCUT2D eigenvalue weighted by atomic mass is 10.0. The van der Waals surface area contributed by atoms with Gasteiger partial charge in [-0.05, 0) is 42.9 Å². The second kappa shape index (κ2) is 8.05. The van der Waals surface area contributed by atoms with Gasteiger partial charge in [-0.15, -0.1) is 0 Å².